The number of benzene rings is 1. The normalized spacial score (nSPS) is 12.7. The van der Waals surface area contributed by atoms with E-state index in [1.807, 2.05) is 12.3 Å². The SMILES string of the molecule is Cc1csc(CC(N)Cc2cc(F)ccc2Cl)n1. The monoisotopic (exact) mass is 284 g/mol. The van der Waals surface area contributed by atoms with E-state index in [-0.39, 0.29) is 11.9 Å². The highest BCUT2D eigenvalue weighted by atomic mass is 35.5. The number of nitrogens with zero attached hydrogens (tertiary/aromatic N) is 1. The van der Waals surface area contributed by atoms with Gasteiger partial charge in [-0.1, -0.05) is 11.6 Å². The third kappa shape index (κ3) is 3.51. The molecule has 1 aromatic heterocycles. The van der Waals surface area contributed by atoms with E-state index >= 15 is 0 Å². The molecular weight excluding hydrogens is 271 g/mol. The third-order valence-corrected chi connectivity index (χ3v) is 3.95. The molecule has 2 nitrogen and oxygen atoms in total. The van der Waals surface area contributed by atoms with Crippen LogP contribution in [0.3, 0.4) is 0 Å². The molecule has 0 aliphatic carbocycles. The van der Waals surface area contributed by atoms with E-state index in [1.54, 1.807) is 17.4 Å². The minimum absolute atomic E-state index is 0.102. The first-order chi connectivity index (χ1) is 8.54. The molecule has 0 fully saturated rings. The number of aryl methyl sites for hydroxylation is 1. The van der Waals surface area contributed by atoms with Gasteiger partial charge in [0.1, 0.15) is 5.82 Å². The maximum absolute atomic E-state index is 13.1. The fourth-order valence-electron chi connectivity index (χ4n) is 1.78. The summed E-state index contributed by atoms with van der Waals surface area (Å²) in [4.78, 5) is 4.36. The van der Waals surface area contributed by atoms with Gasteiger partial charge < -0.3 is 5.73 Å². The van der Waals surface area contributed by atoms with Crippen molar-refractivity contribution in [1.82, 2.24) is 4.98 Å². The molecule has 1 heterocycles. The molecule has 1 unspecified atom stereocenters. The molecule has 1 aromatic carbocycles. The first-order valence-electron chi connectivity index (χ1n) is 5.65. The Morgan fingerprint density at radius 1 is 1.44 bits per heavy atom. The van der Waals surface area contributed by atoms with Crippen LogP contribution < -0.4 is 5.73 Å². The molecule has 5 heteroatoms. The van der Waals surface area contributed by atoms with E-state index in [9.17, 15) is 4.39 Å². The average molecular weight is 285 g/mol. The summed E-state index contributed by atoms with van der Waals surface area (Å²) in [7, 11) is 0. The molecule has 0 amide bonds. The number of hydrogen-bond acceptors (Lipinski definition) is 3. The Morgan fingerprint density at radius 3 is 2.89 bits per heavy atom. The van der Waals surface area contributed by atoms with Gasteiger partial charge in [0.05, 0.1) is 5.01 Å². The molecule has 18 heavy (non-hydrogen) atoms. The quantitative estimate of drug-likeness (QED) is 0.935. The van der Waals surface area contributed by atoms with Crippen LogP contribution in [0.2, 0.25) is 5.02 Å². The standard InChI is InChI=1S/C13H14ClFN2S/c1-8-7-18-13(17-8)6-11(16)5-9-4-10(15)2-3-12(9)14/h2-4,7,11H,5-6,16H2,1H3. The summed E-state index contributed by atoms with van der Waals surface area (Å²) in [5, 5.41) is 3.56. The van der Waals surface area contributed by atoms with Crippen molar-refractivity contribution in [3.05, 3.63) is 50.7 Å². The molecule has 0 saturated heterocycles. The number of rotatable bonds is 4. The molecule has 96 valence electrons. The molecule has 0 aliphatic heterocycles. The summed E-state index contributed by atoms with van der Waals surface area (Å²) in [5.41, 5.74) is 7.80. The number of hydrogen-bond donors (Lipinski definition) is 1. The van der Waals surface area contributed by atoms with Crippen LogP contribution in [0.5, 0.6) is 0 Å². The van der Waals surface area contributed by atoms with Gasteiger partial charge in [0.2, 0.25) is 0 Å². The van der Waals surface area contributed by atoms with Gasteiger partial charge in [0.15, 0.2) is 0 Å². The highest BCUT2D eigenvalue weighted by Crippen LogP contribution is 2.20. The molecular formula is C13H14ClFN2S. The van der Waals surface area contributed by atoms with Crippen LogP contribution in [0, 0.1) is 12.7 Å². The summed E-state index contributed by atoms with van der Waals surface area (Å²) in [6.07, 6.45) is 1.24. The summed E-state index contributed by atoms with van der Waals surface area (Å²) >= 11 is 7.61. The molecule has 2 rings (SSSR count). The van der Waals surface area contributed by atoms with Crippen molar-refractivity contribution in [2.24, 2.45) is 5.73 Å². The number of halogens is 2. The topological polar surface area (TPSA) is 38.9 Å². The maximum Gasteiger partial charge on any atom is 0.123 e. The highest BCUT2D eigenvalue weighted by Gasteiger charge is 2.11. The van der Waals surface area contributed by atoms with Crippen molar-refractivity contribution < 1.29 is 4.39 Å². The van der Waals surface area contributed by atoms with Gasteiger partial charge in [-0.15, -0.1) is 11.3 Å². The minimum Gasteiger partial charge on any atom is -0.327 e. The second-order valence-corrected chi connectivity index (χ2v) is 5.64. The maximum atomic E-state index is 13.1. The molecule has 2 N–H and O–H groups in total. The predicted octanol–water partition coefficient (Wildman–Crippen LogP) is 3.36. The lowest BCUT2D eigenvalue weighted by Crippen LogP contribution is -2.25. The van der Waals surface area contributed by atoms with Crippen LogP contribution in [-0.4, -0.2) is 11.0 Å². The van der Waals surface area contributed by atoms with E-state index in [2.05, 4.69) is 4.98 Å². The van der Waals surface area contributed by atoms with Gasteiger partial charge in [-0.2, -0.15) is 0 Å². The zero-order valence-corrected chi connectivity index (χ0v) is 11.6. The largest absolute Gasteiger partial charge is 0.327 e. The smallest absolute Gasteiger partial charge is 0.123 e. The molecule has 0 radical (unpaired) electrons. The third-order valence-electron chi connectivity index (χ3n) is 2.59. The fraction of sp³-hybridized carbons (Fsp3) is 0.308. The summed E-state index contributed by atoms with van der Waals surface area (Å²) < 4.78 is 13.1. The Morgan fingerprint density at radius 2 is 2.22 bits per heavy atom. The zero-order chi connectivity index (χ0) is 13.1. The molecule has 2 aromatic rings. The first kappa shape index (κ1) is 13.5. The fourth-order valence-corrected chi connectivity index (χ4v) is 2.84. The van der Waals surface area contributed by atoms with Gasteiger partial charge in [-0.3, -0.25) is 0 Å². The van der Waals surface area contributed by atoms with Crippen molar-refractivity contribution in [3.63, 3.8) is 0 Å². The Balaban J connectivity index is 2.02. The van der Waals surface area contributed by atoms with Gasteiger partial charge in [0.25, 0.3) is 0 Å². The van der Waals surface area contributed by atoms with Crippen LogP contribution in [0.25, 0.3) is 0 Å². The van der Waals surface area contributed by atoms with Crippen LogP contribution in [0.4, 0.5) is 4.39 Å². The number of thiazole rings is 1. The second-order valence-electron chi connectivity index (χ2n) is 4.29. The van der Waals surface area contributed by atoms with Crippen molar-refractivity contribution >= 4 is 22.9 Å². The van der Waals surface area contributed by atoms with Gasteiger partial charge in [-0.05, 0) is 37.1 Å². The first-order valence-corrected chi connectivity index (χ1v) is 6.91. The molecule has 0 aliphatic rings. The van der Waals surface area contributed by atoms with E-state index in [1.165, 1.54) is 12.1 Å². The zero-order valence-electron chi connectivity index (χ0n) is 9.99. The van der Waals surface area contributed by atoms with Crippen molar-refractivity contribution in [1.29, 1.82) is 0 Å². The van der Waals surface area contributed by atoms with E-state index in [0.717, 1.165) is 16.3 Å². The van der Waals surface area contributed by atoms with Gasteiger partial charge in [0, 0.05) is 28.6 Å². The van der Waals surface area contributed by atoms with Crippen LogP contribution >= 0.6 is 22.9 Å². The van der Waals surface area contributed by atoms with Crippen molar-refractivity contribution in [3.8, 4) is 0 Å². The number of aromatic nitrogens is 1. The highest BCUT2D eigenvalue weighted by molar-refractivity contribution is 7.09. The summed E-state index contributed by atoms with van der Waals surface area (Å²) in [6, 6.07) is 4.25. The molecule has 0 spiro atoms. The van der Waals surface area contributed by atoms with Crippen LogP contribution in [-0.2, 0) is 12.8 Å². The van der Waals surface area contributed by atoms with Crippen molar-refractivity contribution in [2.45, 2.75) is 25.8 Å². The summed E-state index contributed by atoms with van der Waals surface area (Å²) in [6.45, 7) is 1.95. The average Bonchev–Trinajstić information content (AvgIpc) is 2.69. The van der Waals surface area contributed by atoms with Crippen LogP contribution in [0.1, 0.15) is 16.3 Å². The van der Waals surface area contributed by atoms with Gasteiger partial charge in [-0.25, -0.2) is 9.37 Å². The van der Waals surface area contributed by atoms with Crippen LogP contribution in [0.15, 0.2) is 23.6 Å². The minimum atomic E-state index is -0.285. The molecule has 0 bridgehead atoms. The Hall–Kier alpha value is -0.970. The van der Waals surface area contributed by atoms with E-state index < -0.39 is 0 Å². The Labute approximate surface area is 115 Å². The lowest BCUT2D eigenvalue weighted by atomic mass is 10.0. The predicted molar refractivity (Wildman–Crippen MR) is 73.6 cm³/mol. The van der Waals surface area contributed by atoms with Crippen molar-refractivity contribution in [2.75, 3.05) is 0 Å². The Bertz CT molecular complexity index is 542. The van der Waals surface area contributed by atoms with E-state index in [4.69, 9.17) is 17.3 Å². The lowest BCUT2D eigenvalue weighted by molar-refractivity contribution is 0.618. The lowest BCUT2D eigenvalue weighted by Gasteiger charge is -2.11. The van der Waals surface area contributed by atoms with Gasteiger partial charge >= 0.3 is 0 Å². The molecule has 0 saturated carbocycles. The molecule has 1 atom stereocenters. The Kier molecular flexibility index (Phi) is 4.32. The second kappa shape index (κ2) is 5.78. The van der Waals surface area contributed by atoms with E-state index in [0.29, 0.717) is 17.9 Å². The number of nitrogens with two attached hydrogens (primary N) is 1. The summed E-state index contributed by atoms with van der Waals surface area (Å²) in [5.74, 6) is -0.285.